The van der Waals surface area contributed by atoms with Gasteiger partial charge < -0.3 is 4.74 Å². The van der Waals surface area contributed by atoms with Gasteiger partial charge in [-0.15, -0.1) is 0 Å². The van der Waals surface area contributed by atoms with Crippen molar-refractivity contribution in [3.63, 3.8) is 0 Å². The third-order valence-electron chi connectivity index (χ3n) is 10.0. The van der Waals surface area contributed by atoms with Crippen LogP contribution in [0.25, 0.3) is 0 Å². The van der Waals surface area contributed by atoms with Crippen molar-refractivity contribution >= 4 is 11.9 Å². The molecule has 3 saturated heterocycles. The summed E-state index contributed by atoms with van der Waals surface area (Å²) >= 11 is 1.96. The number of fused-ring (bicyclic) bond motifs is 6. The monoisotopic (exact) mass is 527 g/mol. The van der Waals surface area contributed by atoms with Crippen LogP contribution >= 0.6 is 11.9 Å². The van der Waals surface area contributed by atoms with E-state index in [0.717, 1.165) is 25.4 Å². The number of aryl methyl sites for hydroxylation is 2. The summed E-state index contributed by atoms with van der Waals surface area (Å²) in [5.74, 6) is 0.809. The number of hydrogen-bond acceptors (Lipinski definition) is 7. The maximum absolute atomic E-state index is 7.06. The lowest BCUT2D eigenvalue weighted by atomic mass is 9.66. The van der Waals surface area contributed by atoms with Gasteiger partial charge in [0.1, 0.15) is 12.5 Å². The van der Waals surface area contributed by atoms with Gasteiger partial charge in [0, 0.05) is 56.5 Å². The first-order valence-electron chi connectivity index (χ1n) is 15.0. The maximum atomic E-state index is 7.06. The first kappa shape index (κ1) is 26.5. The van der Waals surface area contributed by atoms with E-state index in [1.807, 2.05) is 11.9 Å². The van der Waals surface area contributed by atoms with Crippen LogP contribution in [0.15, 0.2) is 18.2 Å². The van der Waals surface area contributed by atoms with Crippen molar-refractivity contribution in [3.05, 3.63) is 34.9 Å². The molecule has 5 fully saturated rings. The molecule has 5 aliphatic rings. The standard InChI is InChI=1S/C30H49N5OS/c1-20-7-5-8-21(2)28(20)25-16-27-32-29(31-25)33-37-24-10-6-9-22(15-24)17-34-13-14-35(19-23(18-34)36-27)26-11-12-30(26,3)4/h5,7-8,22-27,29,31-33H,6,9-19H2,1-4H3/t22?,23-,24?,25?,26?,27?,29?/m1/s1. The summed E-state index contributed by atoms with van der Waals surface area (Å²) in [6, 6.07) is 7.67. The molecule has 2 aliphatic carbocycles. The van der Waals surface area contributed by atoms with E-state index in [2.05, 4.69) is 71.0 Å². The van der Waals surface area contributed by atoms with E-state index in [9.17, 15) is 0 Å². The largest absolute Gasteiger partial charge is 0.357 e. The van der Waals surface area contributed by atoms with Gasteiger partial charge in [0.05, 0.1) is 6.10 Å². The Hall–Kier alpha value is -0.670. The Labute approximate surface area is 229 Å². The van der Waals surface area contributed by atoms with Gasteiger partial charge >= 0.3 is 0 Å². The highest BCUT2D eigenvalue weighted by Crippen LogP contribution is 2.44. The van der Waals surface area contributed by atoms with Crippen molar-refractivity contribution in [1.82, 2.24) is 25.2 Å². The molecule has 0 radical (unpaired) electrons. The third-order valence-corrected chi connectivity index (χ3v) is 11.2. The van der Waals surface area contributed by atoms with Crippen LogP contribution in [0.4, 0.5) is 0 Å². The summed E-state index contributed by atoms with van der Waals surface area (Å²) in [5.41, 5.74) is 4.62. The fraction of sp³-hybridized carbons (Fsp3) is 0.800. The topological polar surface area (TPSA) is 51.8 Å². The minimum atomic E-state index is 0.0321. The quantitative estimate of drug-likeness (QED) is 0.488. The average Bonchev–Trinajstić information content (AvgIpc) is 3.03. The minimum Gasteiger partial charge on any atom is -0.357 e. The van der Waals surface area contributed by atoms with E-state index in [0.29, 0.717) is 16.7 Å². The zero-order valence-electron chi connectivity index (χ0n) is 23.5. The number of rotatable bonds is 2. The lowest BCUT2D eigenvalue weighted by molar-refractivity contribution is -0.0887. The molecule has 0 amide bonds. The van der Waals surface area contributed by atoms with E-state index >= 15 is 0 Å². The molecule has 1 aromatic carbocycles. The van der Waals surface area contributed by atoms with Crippen molar-refractivity contribution < 1.29 is 4.74 Å². The molecule has 3 aliphatic heterocycles. The molecular weight excluding hydrogens is 478 g/mol. The number of nitrogens with one attached hydrogen (secondary N) is 3. The van der Waals surface area contributed by atoms with Crippen molar-refractivity contribution in [2.24, 2.45) is 11.3 Å². The SMILES string of the molecule is Cc1cccc(C)c1C1CC2NC(NSC3CCCC(C3)CN3CCN(C4CCC4(C)C)C[C@@H](C3)O2)N1. The van der Waals surface area contributed by atoms with Crippen LogP contribution < -0.4 is 15.4 Å². The Morgan fingerprint density at radius 1 is 0.973 bits per heavy atom. The van der Waals surface area contributed by atoms with Gasteiger partial charge in [-0.05, 0) is 74.0 Å². The second-order valence-electron chi connectivity index (χ2n) is 13.3. The number of nitrogens with zero attached hydrogens (tertiary/aromatic N) is 2. The molecule has 0 aromatic heterocycles. The smallest absolute Gasteiger partial charge is 0.123 e. The van der Waals surface area contributed by atoms with Gasteiger partial charge in [-0.25, -0.2) is 4.72 Å². The fourth-order valence-electron chi connectivity index (χ4n) is 7.92. The summed E-state index contributed by atoms with van der Waals surface area (Å²) in [4.78, 5) is 5.56. The molecule has 2 saturated carbocycles. The van der Waals surface area contributed by atoms with E-state index in [1.54, 1.807) is 0 Å². The highest BCUT2D eigenvalue weighted by Gasteiger charge is 2.44. The fourth-order valence-corrected chi connectivity index (χ4v) is 9.04. The number of ether oxygens (including phenoxy) is 1. The molecule has 7 unspecified atom stereocenters. The summed E-state index contributed by atoms with van der Waals surface area (Å²) < 4.78 is 10.9. The molecule has 6 bridgehead atoms. The molecule has 6 nitrogen and oxygen atoms in total. The second kappa shape index (κ2) is 11.1. The van der Waals surface area contributed by atoms with Crippen LogP contribution in [0.2, 0.25) is 0 Å². The van der Waals surface area contributed by atoms with Crippen molar-refractivity contribution in [2.45, 2.75) is 109 Å². The number of benzene rings is 1. The lowest BCUT2D eigenvalue weighted by Gasteiger charge is -2.51. The van der Waals surface area contributed by atoms with Crippen LogP contribution in [0, 0.1) is 25.2 Å². The highest BCUT2D eigenvalue weighted by molar-refractivity contribution is 7.98. The molecule has 0 spiro atoms. The molecular formula is C30H49N5OS. The Morgan fingerprint density at radius 3 is 2.57 bits per heavy atom. The van der Waals surface area contributed by atoms with Crippen molar-refractivity contribution in [2.75, 3.05) is 32.7 Å². The average molecular weight is 528 g/mol. The van der Waals surface area contributed by atoms with Gasteiger partial charge in [0.25, 0.3) is 0 Å². The van der Waals surface area contributed by atoms with E-state index in [1.165, 1.54) is 74.8 Å². The highest BCUT2D eigenvalue weighted by atomic mass is 32.2. The molecule has 37 heavy (non-hydrogen) atoms. The van der Waals surface area contributed by atoms with Gasteiger partial charge in [0.15, 0.2) is 0 Å². The second-order valence-corrected chi connectivity index (χ2v) is 14.4. The predicted octanol–water partition coefficient (Wildman–Crippen LogP) is 4.54. The van der Waals surface area contributed by atoms with Crippen LogP contribution in [0.5, 0.6) is 0 Å². The summed E-state index contributed by atoms with van der Waals surface area (Å²) in [7, 11) is 0. The zero-order valence-corrected chi connectivity index (χ0v) is 24.3. The molecule has 206 valence electrons. The van der Waals surface area contributed by atoms with Gasteiger partial charge in [-0.2, -0.15) is 0 Å². The van der Waals surface area contributed by atoms with E-state index < -0.39 is 0 Å². The first-order chi connectivity index (χ1) is 17.8. The first-order valence-corrected chi connectivity index (χ1v) is 15.8. The molecule has 3 heterocycles. The molecule has 6 rings (SSSR count). The van der Waals surface area contributed by atoms with Crippen LogP contribution in [0.3, 0.4) is 0 Å². The molecule has 3 N–H and O–H groups in total. The minimum absolute atomic E-state index is 0.0321. The summed E-state index contributed by atoms with van der Waals surface area (Å²) in [6.45, 7) is 15.2. The summed E-state index contributed by atoms with van der Waals surface area (Å²) in [5, 5.41) is 8.41. The van der Waals surface area contributed by atoms with Crippen LogP contribution in [0.1, 0.15) is 81.5 Å². The maximum Gasteiger partial charge on any atom is 0.123 e. The van der Waals surface area contributed by atoms with Crippen LogP contribution in [-0.4, -0.2) is 72.4 Å². The lowest BCUT2D eigenvalue weighted by Crippen LogP contribution is -2.62. The van der Waals surface area contributed by atoms with Crippen molar-refractivity contribution in [1.29, 1.82) is 0 Å². The Morgan fingerprint density at radius 2 is 1.81 bits per heavy atom. The van der Waals surface area contributed by atoms with Crippen molar-refractivity contribution in [3.8, 4) is 0 Å². The normalized spacial score (nSPS) is 40.9. The zero-order chi connectivity index (χ0) is 25.6. The Balaban J connectivity index is 1.27. The third kappa shape index (κ3) is 5.93. The summed E-state index contributed by atoms with van der Waals surface area (Å²) in [6.07, 6.45) is 9.35. The molecule has 8 atom stereocenters. The van der Waals surface area contributed by atoms with Crippen LogP contribution in [-0.2, 0) is 4.74 Å². The Bertz CT molecular complexity index is 922. The van der Waals surface area contributed by atoms with Gasteiger partial charge in [-0.1, -0.05) is 50.4 Å². The van der Waals surface area contributed by atoms with E-state index in [4.69, 9.17) is 4.74 Å². The molecule has 1 aromatic rings. The van der Waals surface area contributed by atoms with Gasteiger partial charge in [-0.3, -0.25) is 20.4 Å². The molecule has 7 heteroatoms. The van der Waals surface area contributed by atoms with Gasteiger partial charge in [0.2, 0.25) is 0 Å². The van der Waals surface area contributed by atoms with E-state index in [-0.39, 0.29) is 24.7 Å². The predicted molar refractivity (Wildman–Crippen MR) is 153 cm³/mol. The Kier molecular flexibility index (Phi) is 7.94. The number of hydrogen-bond donors (Lipinski definition) is 3.